The van der Waals surface area contributed by atoms with Gasteiger partial charge in [-0.1, -0.05) is 0 Å². The van der Waals surface area contributed by atoms with E-state index in [1.165, 1.54) is 5.56 Å². The maximum absolute atomic E-state index is 12.7. The molecule has 0 spiro atoms. The monoisotopic (exact) mass is 315 g/mol. The SMILES string of the molecule is COc1cc2c(cc1OC)CN(C(=O)[C@H](C)n1ccnc1)CC2. The quantitative estimate of drug-likeness (QED) is 0.866. The normalized spacial score (nSPS) is 15.0. The Labute approximate surface area is 135 Å². The molecule has 1 aromatic heterocycles. The van der Waals surface area contributed by atoms with Crippen molar-refractivity contribution in [1.82, 2.24) is 14.5 Å². The van der Waals surface area contributed by atoms with Crippen LogP contribution in [0, 0.1) is 0 Å². The van der Waals surface area contributed by atoms with Crippen LogP contribution in [0.1, 0.15) is 24.1 Å². The number of hydrogen-bond acceptors (Lipinski definition) is 4. The van der Waals surface area contributed by atoms with Gasteiger partial charge in [-0.05, 0) is 36.6 Å². The van der Waals surface area contributed by atoms with E-state index in [0.29, 0.717) is 18.8 Å². The third-order valence-corrected chi connectivity index (χ3v) is 4.36. The van der Waals surface area contributed by atoms with E-state index in [0.717, 1.165) is 17.7 Å². The molecule has 3 rings (SSSR count). The average Bonchev–Trinajstić information content (AvgIpc) is 3.13. The van der Waals surface area contributed by atoms with Gasteiger partial charge >= 0.3 is 0 Å². The molecule has 6 nitrogen and oxygen atoms in total. The molecule has 1 aromatic carbocycles. The summed E-state index contributed by atoms with van der Waals surface area (Å²) in [6.07, 6.45) is 5.99. The predicted molar refractivity (Wildman–Crippen MR) is 85.6 cm³/mol. The summed E-state index contributed by atoms with van der Waals surface area (Å²) in [5.41, 5.74) is 2.32. The predicted octanol–water partition coefficient (Wildman–Crippen LogP) is 2.05. The van der Waals surface area contributed by atoms with Crippen molar-refractivity contribution in [2.75, 3.05) is 20.8 Å². The molecule has 2 heterocycles. The highest BCUT2D eigenvalue weighted by Crippen LogP contribution is 2.33. The summed E-state index contributed by atoms with van der Waals surface area (Å²) >= 11 is 0. The molecule has 0 radical (unpaired) electrons. The van der Waals surface area contributed by atoms with Crippen molar-refractivity contribution in [3.8, 4) is 11.5 Å². The number of aromatic nitrogens is 2. The highest BCUT2D eigenvalue weighted by molar-refractivity contribution is 5.80. The first kappa shape index (κ1) is 15.4. The van der Waals surface area contributed by atoms with Gasteiger partial charge < -0.3 is 18.9 Å². The molecule has 1 aliphatic rings. The van der Waals surface area contributed by atoms with Crippen LogP contribution in [-0.4, -0.2) is 41.1 Å². The minimum Gasteiger partial charge on any atom is -0.493 e. The van der Waals surface area contributed by atoms with Crippen molar-refractivity contribution in [1.29, 1.82) is 0 Å². The summed E-state index contributed by atoms with van der Waals surface area (Å²) in [6, 6.07) is 3.73. The Morgan fingerprint density at radius 1 is 1.22 bits per heavy atom. The fraction of sp³-hybridized carbons (Fsp3) is 0.412. The molecule has 2 aromatic rings. The lowest BCUT2D eigenvalue weighted by molar-refractivity contribution is -0.135. The van der Waals surface area contributed by atoms with Crippen molar-refractivity contribution in [3.63, 3.8) is 0 Å². The lowest BCUT2D eigenvalue weighted by atomic mass is 9.98. The van der Waals surface area contributed by atoms with Crippen LogP contribution in [0.15, 0.2) is 30.9 Å². The number of rotatable bonds is 4. The molecule has 0 fully saturated rings. The van der Waals surface area contributed by atoms with Crippen molar-refractivity contribution in [2.24, 2.45) is 0 Å². The number of hydrogen-bond donors (Lipinski definition) is 0. The van der Waals surface area contributed by atoms with Crippen LogP contribution in [-0.2, 0) is 17.8 Å². The first-order valence-corrected chi connectivity index (χ1v) is 7.64. The fourth-order valence-corrected chi connectivity index (χ4v) is 2.96. The second-order valence-electron chi connectivity index (χ2n) is 5.67. The van der Waals surface area contributed by atoms with E-state index in [9.17, 15) is 4.79 Å². The molecule has 0 saturated carbocycles. The summed E-state index contributed by atoms with van der Waals surface area (Å²) < 4.78 is 12.5. The standard InChI is InChI=1S/C17H21N3O3/c1-12(20-7-5-18-11-20)17(21)19-6-4-13-8-15(22-2)16(23-3)9-14(13)10-19/h5,7-9,11-12H,4,6,10H2,1-3H3/t12-/m0/s1. The van der Waals surface area contributed by atoms with Gasteiger partial charge in [0.1, 0.15) is 6.04 Å². The van der Waals surface area contributed by atoms with Gasteiger partial charge in [0.05, 0.1) is 20.5 Å². The molecule has 0 N–H and O–H groups in total. The van der Waals surface area contributed by atoms with Gasteiger partial charge in [-0.15, -0.1) is 0 Å². The molecule has 23 heavy (non-hydrogen) atoms. The zero-order valence-corrected chi connectivity index (χ0v) is 13.7. The number of nitrogens with zero attached hydrogens (tertiary/aromatic N) is 3. The number of ether oxygens (including phenoxy) is 2. The second-order valence-corrected chi connectivity index (χ2v) is 5.67. The van der Waals surface area contributed by atoms with Gasteiger partial charge in [-0.25, -0.2) is 4.98 Å². The Morgan fingerprint density at radius 2 is 1.91 bits per heavy atom. The molecular weight excluding hydrogens is 294 g/mol. The molecule has 1 amide bonds. The van der Waals surface area contributed by atoms with Crippen molar-refractivity contribution < 1.29 is 14.3 Å². The van der Waals surface area contributed by atoms with Crippen LogP contribution in [0.5, 0.6) is 11.5 Å². The largest absolute Gasteiger partial charge is 0.493 e. The number of benzene rings is 1. The molecule has 0 bridgehead atoms. The molecule has 122 valence electrons. The number of methoxy groups -OCH3 is 2. The minimum absolute atomic E-state index is 0.100. The van der Waals surface area contributed by atoms with Gasteiger partial charge in [0.2, 0.25) is 5.91 Å². The Kier molecular flexibility index (Phi) is 4.23. The van der Waals surface area contributed by atoms with E-state index in [1.54, 1.807) is 26.7 Å². The molecule has 0 saturated heterocycles. The van der Waals surface area contributed by atoms with Crippen LogP contribution in [0.2, 0.25) is 0 Å². The van der Waals surface area contributed by atoms with Crippen LogP contribution >= 0.6 is 0 Å². The zero-order chi connectivity index (χ0) is 16.4. The topological polar surface area (TPSA) is 56.6 Å². The number of carbonyl (C=O) groups is 1. The van der Waals surface area contributed by atoms with Gasteiger partial charge in [0, 0.05) is 25.5 Å². The smallest absolute Gasteiger partial charge is 0.245 e. The number of carbonyl (C=O) groups excluding carboxylic acids is 1. The summed E-state index contributed by atoms with van der Waals surface area (Å²) in [7, 11) is 3.26. The Hall–Kier alpha value is -2.50. The zero-order valence-electron chi connectivity index (χ0n) is 13.7. The Morgan fingerprint density at radius 3 is 2.52 bits per heavy atom. The molecular formula is C17H21N3O3. The van der Waals surface area contributed by atoms with E-state index in [2.05, 4.69) is 4.98 Å². The molecule has 0 unspecified atom stereocenters. The van der Waals surface area contributed by atoms with Crippen LogP contribution in [0.25, 0.3) is 0 Å². The maximum atomic E-state index is 12.7. The van der Waals surface area contributed by atoms with E-state index >= 15 is 0 Å². The van der Waals surface area contributed by atoms with Crippen LogP contribution in [0.3, 0.4) is 0 Å². The lowest BCUT2D eigenvalue weighted by Crippen LogP contribution is -2.39. The van der Waals surface area contributed by atoms with Crippen molar-refractivity contribution in [2.45, 2.75) is 25.9 Å². The summed E-state index contributed by atoms with van der Waals surface area (Å²) in [6.45, 7) is 3.20. The van der Waals surface area contributed by atoms with E-state index < -0.39 is 0 Å². The van der Waals surface area contributed by atoms with E-state index in [1.807, 2.05) is 34.7 Å². The van der Waals surface area contributed by atoms with Gasteiger partial charge in [0.25, 0.3) is 0 Å². The summed E-state index contributed by atoms with van der Waals surface area (Å²) in [5, 5.41) is 0. The third kappa shape index (κ3) is 2.88. The lowest BCUT2D eigenvalue weighted by Gasteiger charge is -2.31. The molecule has 6 heteroatoms. The first-order valence-electron chi connectivity index (χ1n) is 7.64. The molecule has 1 atom stereocenters. The van der Waals surface area contributed by atoms with Gasteiger partial charge in [-0.3, -0.25) is 4.79 Å². The maximum Gasteiger partial charge on any atom is 0.245 e. The van der Waals surface area contributed by atoms with Gasteiger partial charge in [-0.2, -0.15) is 0 Å². The molecule has 0 aliphatic carbocycles. The summed E-state index contributed by atoms with van der Waals surface area (Å²) in [4.78, 5) is 18.6. The second kappa shape index (κ2) is 6.32. The van der Waals surface area contributed by atoms with E-state index in [4.69, 9.17) is 9.47 Å². The van der Waals surface area contributed by atoms with Crippen LogP contribution in [0.4, 0.5) is 0 Å². The van der Waals surface area contributed by atoms with Crippen molar-refractivity contribution in [3.05, 3.63) is 42.0 Å². The fourth-order valence-electron chi connectivity index (χ4n) is 2.96. The number of fused-ring (bicyclic) bond motifs is 1. The van der Waals surface area contributed by atoms with E-state index in [-0.39, 0.29) is 11.9 Å². The Balaban J connectivity index is 1.81. The summed E-state index contributed by atoms with van der Waals surface area (Å²) in [5.74, 6) is 1.53. The first-order chi connectivity index (χ1) is 11.1. The van der Waals surface area contributed by atoms with Gasteiger partial charge in [0.15, 0.2) is 11.5 Å². The molecule has 1 aliphatic heterocycles. The Bertz CT molecular complexity index is 697. The number of amides is 1. The van der Waals surface area contributed by atoms with Crippen LogP contribution < -0.4 is 9.47 Å². The average molecular weight is 315 g/mol. The highest BCUT2D eigenvalue weighted by atomic mass is 16.5. The highest BCUT2D eigenvalue weighted by Gasteiger charge is 2.26. The minimum atomic E-state index is -0.251. The number of imidazole rings is 1. The third-order valence-electron chi connectivity index (χ3n) is 4.36. The van der Waals surface area contributed by atoms with Crippen molar-refractivity contribution >= 4 is 5.91 Å².